The summed E-state index contributed by atoms with van der Waals surface area (Å²) in [6.45, 7) is 1.30. The van der Waals surface area contributed by atoms with Crippen molar-refractivity contribution in [3.8, 4) is 5.75 Å². The van der Waals surface area contributed by atoms with Crippen molar-refractivity contribution in [2.75, 3.05) is 32.1 Å². The van der Waals surface area contributed by atoms with Crippen molar-refractivity contribution < 1.29 is 9.53 Å². The molecule has 0 radical (unpaired) electrons. The van der Waals surface area contributed by atoms with Crippen molar-refractivity contribution in [3.05, 3.63) is 57.5 Å². The number of amides is 1. The first-order chi connectivity index (χ1) is 11.5. The maximum atomic E-state index is 12.1. The number of benzene rings is 2. The van der Waals surface area contributed by atoms with Gasteiger partial charge in [-0.3, -0.25) is 9.69 Å². The van der Waals surface area contributed by atoms with E-state index in [0.29, 0.717) is 33.9 Å². The molecule has 0 unspecified atom stereocenters. The summed E-state index contributed by atoms with van der Waals surface area (Å²) in [5.41, 5.74) is 0.435. The number of rotatable bonds is 7. The van der Waals surface area contributed by atoms with Gasteiger partial charge in [-0.15, -0.1) is 0 Å². The van der Waals surface area contributed by atoms with Crippen LogP contribution in [0.2, 0.25) is 15.1 Å². The second-order valence-electron chi connectivity index (χ2n) is 5.19. The second-order valence-corrected chi connectivity index (χ2v) is 6.42. The summed E-state index contributed by atoms with van der Waals surface area (Å²) < 4.78 is 5.60. The van der Waals surface area contributed by atoms with Gasteiger partial charge in [0.05, 0.1) is 27.3 Å². The summed E-state index contributed by atoms with van der Waals surface area (Å²) in [6, 6.07) is 12.6. The monoisotopic (exact) mass is 386 g/mol. The maximum Gasteiger partial charge on any atom is 0.238 e. The van der Waals surface area contributed by atoms with E-state index in [1.54, 1.807) is 0 Å². The third-order valence-electron chi connectivity index (χ3n) is 3.18. The highest BCUT2D eigenvalue weighted by molar-refractivity contribution is 6.44. The van der Waals surface area contributed by atoms with Crippen LogP contribution in [-0.4, -0.2) is 37.6 Å². The number of likely N-dealkylation sites (N-methyl/N-ethyl adjacent to an activating group) is 1. The molecule has 2 aromatic rings. The fourth-order valence-electron chi connectivity index (χ4n) is 1.97. The normalized spacial score (nSPS) is 10.7. The highest BCUT2D eigenvalue weighted by Crippen LogP contribution is 2.32. The molecule has 0 spiro atoms. The second kappa shape index (κ2) is 9.14. The molecule has 0 bridgehead atoms. The van der Waals surface area contributed by atoms with Crippen LogP contribution in [0.3, 0.4) is 0 Å². The van der Waals surface area contributed by atoms with E-state index in [1.807, 2.05) is 42.3 Å². The summed E-state index contributed by atoms with van der Waals surface area (Å²) in [4.78, 5) is 13.9. The number of hydrogen-bond donors (Lipinski definition) is 1. The van der Waals surface area contributed by atoms with Crippen molar-refractivity contribution in [2.45, 2.75) is 0 Å². The van der Waals surface area contributed by atoms with Crippen molar-refractivity contribution in [1.82, 2.24) is 4.90 Å². The van der Waals surface area contributed by atoms with E-state index in [2.05, 4.69) is 5.32 Å². The Hall–Kier alpha value is -1.46. The zero-order valence-corrected chi connectivity index (χ0v) is 15.3. The molecule has 0 saturated carbocycles. The van der Waals surface area contributed by atoms with Gasteiger partial charge in [-0.2, -0.15) is 0 Å². The standard InChI is InChI=1S/C17H17Cl3N2O2/c1-22(7-8-24-12-5-3-2-4-6-12)11-17(23)21-16-10-14(19)13(18)9-15(16)20/h2-6,9-10H,7-8,11H2,1H3,(H,21,23). The van der Waals surface area contributed by atoms with Crippen LogP contribution in [-0.2, 0) is 4.79 Å². The number of ether oxygens (including phenoxy) is 1. The quantitative estimate of drug-likeness (QED) is 0.706. The summed E-state index contributed by atoms with van der Waals surface area (Å²) in [6.07, 6.45) is 0. The zero-order valence-electron chi connectivity index (χ0n) is 13.1. The van der Waals surface area contributed by atoms with Crippen LogP contribution in [0.1, 0.15) is 0 Å². The molecule has 2 rings (SSSR count). The first kappa shape index (κ1) is 18.9. The topological polar surface area (TPSA) is 41.6 Å². The number of anilines is 1. The van der Waals surface area contributed by atoms with Crippen molar-refractivity contribution in [3.63, 3.8) is 0 Å². The highest BCUT2D eigenvalue weighted by atomic mass is 35.5. The fraction of sp³-hybridized carbons (Fsp3) is 0.235. The molecular formula is C17H17Cl3N2O2. The Kier molecular flexibility index (Phi) is 7.18. The van der Waals surface area contributed by atoms with Crippen LogP contribution in [0.4, 0.5) is 5.69 Å². The first-order valence-electron chi connectivity index (χ1n) is 7.26. The van der Waals surface area contributed by atoms with Crippen LogP contribution < -0.4 is 10.1 Å². The molecule has 0 aliphatic rings. The van der Waals surface area contributed by atoms with E-state index in [9.17, 15) is 4.79 Å². The number of carbonyl (C=O) groups is 1. The molecule has 0 atom stereocenters. The third kappa shape index (κ3) is 5.87. The van der Waals surface area contributed by atoms with E-state index >= 15 is 0 Å². The van der Waals surface area contributed by atoms with Gasteiger partial charge in [0.1, 0.15) is 12.4 Å². The van der Waals surface area contributed by atoms with Crippen LogP contribution in [0.15, 0.2) is 42.5 Å². The van der Waals surface area contributed by atoms with Gasteiger partial charge in [0, 0.05) is 6.54 Å². The lowest BCUT2D eigenvalue weighted by Gasteiger charge is -2.17. The lowest BCUT2D eigenvalue weighted by Crippen LogP contribution is -2.33. The van der Waals surface area contributed by atoms with Gasteiger partial charge in [-0.1, -0.05) is 53.0 Å². The molecule has 128 valence electrons. The number of carbonyl (C=O) groups excluding carboxylic acids is 1. The Bertz CT molecular complexity index is 696. The maximum absolute atomic E-state index is 12.1. The molecule has 1 amide bonds. The predicted molar refractivity (Wildman–Crippen MR) is 99.5 cm³/mol. The van der Waals surface area contributed by atoms with Gasteiger partial charge in [0.2, 0.25) is 5.91 Å². The Labute approximate surface area is 156 Å². The fourth-order valence-corrected chi connectivity index (χ4v) is 2.56. The molecule has 0 aliphatic heterocycles. The number of para-hydroxylation sites is 1. The minimum Gasteiger partial charge on any atom is -0.492 e. The van der Waals surface area contributed by atoms with Gasteiger partial charge in [-0.25, -0.2) is 0 Å². The summed E-state index contributed by atoms with van der Waals surface area (Å²) in [5, 5.41) is 3.74. The van der Waals surface area contributed by atoms with Crippen LogP contribution in [0.5, 0.6) is 5.75 Å². The highest BCUT2D eigenvalue weighted by Gasteiger charge is 2.11. The summed E-state index contributed by atoms with van der Waals surface area (Å²) in [5.74, 6) is 0.607. The molecule has 0 saturated heterocycles. The van der Waals surface area contributed by atoms with Crippen LogP contribution in [0, 0.1) is 0 Å². The lowest BCUT2D eigenvalue weighted by molar-refractivity contribution is -0.117. The van der Waals surface area contributed by atoms with Crippen molar-refractivity contribution >= 4 is 46.4 Å². The first-order valence-corrected chi connectivity index (χ1v) is 8.40. The largest absolute Gasteiger partial charge is 0.492 e. The Morgan fingerprint density at radius 3 is 2.46 bits per heavy atom. The molecule has 7 heteroatoms. The van der Waals surface area contributed by atoms with Crippen LogP contribution >= 0.6 is 34.8 Å². The molecule has 0 fully saturated rings. The zero-order chi connectivity index (χ0) is 17.5. The lowest BCUT2D eigenvalue weighted by atomic mass is 10.3. The van der Waals surface area contributed by atoms with Gasteiger partial charge in [0.15, 0.2) is 0 Å². The average Bonchev–Trinajstić information content (AvgIpc) is 2.53. The third-order valence-corrected chi connectivity index (χ3v) is 4.22. The molecule has 0 heterocycles. The smallest absolute Gasteiger partial charge is 0.238 e. The van der Waals surface area contributed by atoms with Crippen LogP contribution in [0.25, 0.3) is 0 Å². The molecule has 2 aromatic carbocycles. The van der Waals surface area contributed by atoms with E-state index < -0.39 is 0 Å². The molecule has 4 nitrogen and oxygen atoms in total. The number of nitrogens with one attached hydrogen (secondary N) is 1. The molecule has 24 heavy (non-hydrogen) atoms. The van der Waals surface area contributed by atoms with E-state index in [0.717, 1.165) is 5.75 Å². The van der Waals surface area contributed by atoms with E-state index in [4.69, 9.17) is 39.5 Å². The van der Waals surface area contributed by atoms with Gasteiger partial charge < -0.3 is 10.1 Å². The number of hydrogen-bond acceptors (Lipinski definition) is 3. The number of halogens is 3. The molecule has 0 aliphatic carbocycles. The molecule has 0 aromatic heterocycles. The number of nitrogens with zero attached hydrogens (tertiary/aromatic N) is 1. The van der Waals surface area contributed by atoms with E-state index in [-0.39, 0.29) is 12.5 Å². The van der Waals surface area contributed by atoms with Crippen molar-refractivity contribution in [2.24, 2.45) is 0 Å². The van der Waals surface area contributed by atoms with Gasteiger partial charge in [-0.05, 0) is 31.3 Å². The van der Waals surface area contributed by atoms with E-state index in [1.165, 1.54) is 12.1 Å². The Morgan fingerprint density at radius 2 is 1.75 bits per heavy atom. The Balaban J connectivity index is 1.78. The SMILES string of the molecule is CN(CCOc1ccccc1)CC(=O)Nc1cc(Cl)c(Cl)cc1Cl. The summed E-state index contributed by atoms with van der Waals surface area (Å²) >= 11 is 17.8. The minimum atomic E-state index is -0.197. The average molecular weight is 388 g/mol. The molecular weight excluding hydrogens is 371 g/mol. The van der Waals surface area contributed by atoms with Gasteiger partial charge in [0.25, 0.3) is 0 Å². The van der Waals surface area contributed by atoms with Crippen molar-refractivity contribution in [1.29, 1.82) is 0 Å². The Morgan fingerprint density at radius 1 is 1.08 bits per heavy atom. The predicted octanol–water partition coefficient (Wildman–Crippen LogP) is 4.60. The minimum absolute atomic E-state index is 0.197. The molecule has 1 N–H and O–H groups in total. The summed E-state index contributed by atoms with van der Waals surface area (Å²) in [7, 11) is 1.84. The van der Waals surface area contributed by atoms with Gasteiger partial charge >= 0.3 is 0 Å².